The summed E-state index contributed by atoms with van der Waals surface area (Å²) in [6.45, 7) is 8.16. The van der Waals surface area contributed by atoms with E-state index in [2.05, 4.69) is 35.8 Å². The third-order valence-corrected chi connectivity index (χ3v) is 5.13. The van der Waals surface area contributed by atoms with E-state index in [1.54, 1.807) is 0 Å². The lowest BCUT2D eigenvalue weighted by atomic mass is 10.1. The largest absolute Gasteiger partial charge is 0.373 e. The number of carbonyl (C=O) groups excluding carboxylic acids is 1. The fourth-order valence-corrected chi connectivity index (χ4v) is 4.12. The number of aryl methyl sites for hydroxylation is 1. The van der Waals surface area contributed by atoms with Gasteiger partial charge >= 0.3 is 0 Å². The zero-order valence-electron chi connectivity index (χ0n) is 15.0. The number of hydrogen-bond acceptors (Lipinski definition) is 3. The molecule has 0 radical (unpaired) electrons. The minimum absolute atomic E-state index is 0.289. The summed E-state index contributed by atoms with van der Waals surface area (Å²) in [4.78, 5) is 17.3. The van der Waals surface area contributed by atoms with Gasteiger partial charge in [0.05, 0.1) is 12.2 Å². The molecule has 0 aromatic heterocycles. The molecule has 2 aliphatic rings. The molecule has 4 heteroatoms. The first-order chi connectivity index (χ1) is 11.6. The molecule has 0 saturated carbocycles. The van der Waals surface area contributed by atoms with Crippen molar-refractivity contribution in [2.75, 3.05) is 26.2 Å². The molecule has 4 nitrogen and oxygen atoms in total. The highest BCUT2D eigenvalue weighted by Gasteiger charge is 2.32. The van der Waals surface area contributed by atoms with Gasteiger partial charge in [0.25, 0.3) is 0 Å². The maximum absolute atomic E-state index is 12.7. The van der Waals surface area contributed by atoms with Gasteiger partial charge in [-0.2, -0.15) is 0 Å². The molecule has 2 saturated heterocycles. The third-order valence-electron chi connectivity index (χ3n) is 5.13. The van der Waals surface area contributed by atoms with Crippen LogP contribution in [0.5, 0.6) is 0 Å². The van der Waals surface area contributed by atoms with Gasteiger partial charge in [-0.1, -0.05) is 30.3 Å². The zero-order valence-corrected chi connectivity index (χ0v) is 15.0. The quantitative estimate of drug-likeness (QED) is 0.832. The molecule has 0 unspecified atom stereocenters. The second-order valence-corrected chi connectivity index (χ2v) is 7.34. The molecular formula is C20H30N2O2. The Bertz CT molecular complexity index is 524. The lowest BCUT2D eigenvalue weighted by Gasteiger charge is -2.38. The number of hydrogen-bond donors (Lipinski definition) is 0. The third kappa shape index (κ3) is 4.58. The number of ether oxygens (including phenoxy) is 1. The fourth-order valence-electron chi connectivity index (χ4n) is 4.12. The summed E-state index contributed by atoms with van der Waals surface area (Å²) in [7, 11) is 0. The van der Waals surface area contributed by atoms with Crippen molar-refractivity contribution in [1.29, 1.82) is 0 Å². The summed E-state index contributed by atoms with van der Waals surface area (Å²) < 4.78 is 5.82. The molecule has 0 spiro atoms. The molecule has 1 aromatic rings. The van der Waals surface area contributed by atoms with E-state index in [9.17, 15) is 4.79 Å². The fraction of sp³-hybridized carbons (Fsp3) is 0.650. The Labute approximate surface area is 145 Å². The summed E-state index contributed by atoms with van der Waals surface area (Å²) in [5.41, 5.74) is 1.25. The first kappa shape index (κ1) is 17.4. The maximum atomic E-state index is 12.7. The van der Waals surface area contributed by atoms with Gasteiger partial charge in [-0.3, -0.25) is 9.69 Å². The van der Waals surface area contributed by atoms with Gasteiger partial charge in [0.15, 0.2) is 0 Å². The molecule has 2 fully saturated rings. The zero-order chi connectivity index (χ0) is 16.9. The highest BCUT2D eigenvalue weighted by Crippen LogP contribution is 2.22. The van der Waals surface area contributed by atoms with Gasteiger partial charge in [-0.15, -0.1) is 0 Å². The predicted octanol–water partition coefficient (Wildman–Crippen LogP) is 2.72. The first-order valence-corrected chi connectivity index (χ1v) is 9.33. The van der Waals surface area contributed by atoms with Crippen molar-refractivity contribution in [3.8, 4) is 0 Å². The van der Waals surface area contributed by atoms with Gasteiger partial charge in [-0.25, -0.2) is 0 Å². The van der Waals surface area contributed by atoms with Crippen LogP contribution in [0.25, 0.3) is 0 Å². The Morgan fingerprint density at radius 3 is 2.58 bits per heavy atom. The molecule has 3 rings (SSSR count). The molecule has 2 aliphatic heterocycles. The van der Waals surface area contributed by atoms with E-state index in [0.29, 0.717) is 18.4 Å². The molecule has 0 N–H and O–H groups in total. The van der Waals surface area contributed by atoms with E-state index in [4.69, 9.17) is 4.74 Å². The minimum Gasteiger partial charge on any atom is -0.373 e. The van der Waals surface area contributed by atoms with E-state index >= 15 is 0 Å². The Morgan fingerprint density at radius 2 is 1.88 bits per heavy atom. The number of nitrogens with zero attached hydrogens (tertiary/aromatic N) is 2. The summed E-state index contributed by atoms with van der Waals surface area (Å²) in [5.74, 6) is 0.315. The molecule has 0 aliphatic carbocycles. The van der Waals surface area contributed by atoms with Crippen LogP contribution in [0.1, 0.15) is 38.7 Å². The monoisotopic (exact) mass is 330 g/mol. The Hall–Kier alpha value is -1.39. The Balaban J connectivity index is 1.52. The van der Waals surface area contributed by atoms with E-state index < -0.39 is 0 Å². The van der Waals surface area contributed by atoms with Crippen LogP contribution >= 0.6 is 0 Å². The minimum atomic E-state index is 0.289. The van der Waals surface area contributed by atoms with Crippen molar-refractivity contribution in [1.82, 2.24) is 9.80 Å². The summed E-state index contributed by atoms with van der Waals surface area (Å²) in [5, 5.41) is 0. The predicted molar refractivity (Wildman–Crippen MR) is 95.9 cm³/mol. The molecule has 2 heterocycles. The van der Waals surface area contributed by atoms with Crippen LogP contribution in [-0.4, -0.2) is 60.1 Å². The molecular weight excluding hydrogens is 300 g/mol. The van der Waals surface area contributed by atoms with Crippen molar-refractivity contribution in [2.24, 2.45) is 0 Å². The normalized spacial score (nSPS) is 28.2. The molecule has 1 aromatic carbocycles. The number of amides is 1. The molecule has 1 amide bonds. The first-order valence-electron chi connectivity index (χ1n) is 9.33. The lowest BCUT2D eigenvalue weighted by Crippen LogP contribution is -2.50. The number of likely N-dealkylation sites (tertiary alicyclic amines) is 1. The number of carbonyl (C=O) groups is 1. The summed E-state index contributed by atoms with van der Waals surface area (Å²) in [6.07, 6.45) is 4.31. The van der Waals surface area contributed by atoms with Crippen LogP contribution in [-0.2, 0) is 16.0 Å². The van der Waals surface area contributed by atoms with Crippen LogP contribution in [0.3, 0.4) is 0 Å². The summed E-state index contributed by atoms with van der Waals surface area (Å²) in [6, 6.07) is 10.7. The lowest BCUT2D eigenvalue weighted by molar-refractivity contribution is -0.133. The van der Waals surface area contributed by atoms with Crippen LogP contribution in [0.2, 0.25) is 0 Å². The van der Waals surface area contributed by atoms with Gasteiger partial charge in [0.1, 0.15) is 0 Å². The van der Waals surface area contributed by atoms with Crippen molar-refractivity contribution in [3.63, 3.8) is 0 Å². The molecule has 24 heavy (non-hydrogen) atoms. The van der Waals surface area contributed by atoms with Gasteiger partial charge in [0, 0.05) is 38.6 Å². The summed E-state index contributed by atoms with van der Waals surface area (Å²) >= 11 is 0. The number of rotatable bonds is 5. The highest BCUT2D eigenvalue weighted by atomic mass is 16.5. The van der Waals surface area contributed by atoms with Gasteiger partial charge in [0.2, 0.25) is 5.91 Å². The van der Waals surface area contributed by atoms with Crippen molar-refractivity contribution in [2.45, 2.75) is 57.8 Å². The second kappa shape index (κ2) is 8.13. The van der Waals surface area contributed by atoms with E-state index in [0.717, 1.165) is 45.4 Å². The smallest absolute Gasteiger partial charge is 0.223 e. The SMILES string of the molecule is C[C@@H]1CN(C[C@H]2CCCN2C(=O)CCc2ccccc2)C[C@H](C)O1. The Morgan fingerprint density at radius 1 is 1.17 bits per heavy atom. The van der Waals surface area contributed by atoms with Crippen molar-refractivity contribution < 1.29 is 9.53 Å². The van der Waals surface area contributed by atoms with E-state index in [-0.39, 0.29) is 12.2 Å². The average Bonchev–Trinajstić information content (AvgIpc) is 3.01. The van der Waals surface area contributed by atoms with Crippen molar-refractivity contribution >= 4 is 5.91 Å². The second-order valence-electron chi connectivity index (χ2n) is 7.34. The van der Waals surface area contributed by atoms with E-state index in [1.807, 2.05) is 18.2 Å². The number of morpholine rings is 1. The molecule has 0 bridgehead atoms. The van der Waals surface area contributed by atoms with Gasteiger partial charge in [-0.05, 0) is 38.7 Å². The average molecular weight is 330 g/mol. The molecule has 132 valence electrons. The topological polar surface area (TPSA) is 32.8 Å². The molecule has 3 atom stereocenters. The Kier molecular flexibility index (Phi) is 5.90. The van der Waals surface area contributed by atoms with Crippen molar-refractivity contribution in [3.05, 3.63) is 35.9 Å². The standard InChI is InChI=1S/C20H30N2O2/c1-16-13-21(14-17(2)24-16)15-19-9-6-12-22(19)20(23)11-10-18-7-4-3-5-8-18/h3-5,7-8,16-17,19H,6,9-15H2,1-2H3/t16-,17+,19-/m1/s1. The van der Waals surface area contributed by atoms with Crippen LogP contribution in [0.4, 0.5) is 0 Å². The van der Waals surface area contributed by atoms with Crippen LogP contribution in [0, 0.1) is 0 Å². The van der Waals surface area contributed by atoms with E-state index in [1.165, 1.54) is 5.56 Å². The number of benzene rings is 1. The maximum Gasteiger partial charge on any atom is 0.223 e. The highest BCUT2D eigenvalue weighted by molar-refractivity contribution is 5.77. The van der Waals surface area contributed by atoms with Crippen LogP contribution < -0.4 is 0 Å². The van der Waals surface area contributed by atoms with Gasteiger partial charge < -0.3 is 9.64 Å². The van der Waals surface area contributed by atoms with Crippen LogP contribution in [0.15, 0.2) is 30.3 Å².